The summed E-state index contributed by atoms with van der Waals surface area (Å²) in [5, 5.41) is 14.6. The maximum atomic E-state index is 11.7. The van der Waals surface area contributed by atoms with Gasteiger partial charge in [-0.25, -0.2) is 31.5 Å². The largest absolute Gasteiger partial charge is 0.477 e. The topological polar surface area (TPSA) is 144 Å². The van der Waals surface area contributed by atoms with Crippen molar-refractivity contribution < 1.29 is 26.7 Å². The van der Waals surface area contributed by atoms with Crippen molar-refractivity contribution in [2.75, 3.05) is 12.3 Å². The second-order valence-electron chi connectivity index (χ2n) is 3.57. The minimum Gasteiger partial charge on any atom is -0.477 e. The van der Waals surface area contributed by atoms with Gasteiger partial charge in [0.25, 0.3) is 0 Å². The molecule has 0 saturated carbocycles. The van der Waals surface area contributed by atoms with Crippen molar-refractivity contribution in [3.05, 3.63) is 16.3 Å². The van der Waals surface area contributed by atoms with Gasteiger partial charge in [-0.3, -0.25) is 0 Å². The van der Waals surface area contributed by atoms with Gasteiger partial charge >= 0.3 is 5.97 Å². The molecule has 0 amide bonds. The quantitative estimate of drug-likeness (QED) is 0.570. The molecule has 0 bridgehead atoms. The zero-order chi connectivity index (χ0) is 14.7. The van der Waals surface area contributed by atoms with E-state index in [9.17, 15) is 21.6 Å². The number of carboxylic acid groups (broad SMARTS) is 1. The first-order valence-electron chi connectivity index (χ1n) is 4.94. The molecule has 8 nitrogen and oxygen atoms in total. The van der Waals surface area contributed by atoms with Crippen LogP contribution in [0, 0.1) is 0 Å². The van der Waals surface area contributed by atoms with E-state index in [0.717, 1.165) is 17.4 Å². The van der Waals surface area contributed by atoms with Crippen molar-refractivity contribution in [2.24, 2.45) is 5.14 Å². The molecule has 0 unspecified atom stereocenters. The van der Waals surface area contributed by atoms with Crippen molar-refractivity contribution in [1.29, 1.82) is 0 Å². The third-order valence-corrected chi connectivity index (χ3v) is 5.36. The number of thiophene rings is 1. The molecule has 0 spiro atoms. The zero-order valence-electron chi connectivity index (χ0n) is 9.57. The Morgan fingerprint density at radius 3 is 2.47 bits per heavy atom. The van der Waals surface area contributed by atoms with Crippen LogP contribution < -0.4 is 9.86 Å². The minimum absolute atomic E-state index is 0.0357. The fourth-order valence-electron chi connectivity index (χ4n) is 1.14. The predicted octanol–water partition coefficient (Wildman–Crippen LogP) is -0.597. The average molecular weight is 328 g/mol. The van der Waals surface area contributed by atoms with Gasteiger partial charge in [-0.2, -0.15) is 0 Å². The number of aromatic carboxylic acids is 1. The Balaban J connectivity index is 2.63. The van der Waals surface area contributed by atoms with E-state index in [1.807, 2.05) is 0 Å². The molecular weight excluding hydrogens is 316 g/mol. The van der Waals surface area contributed by atoms with Gasteiger partial charge in [-0.15, -0.1) is 11.3 Å². The van der Waals surface area contributed by atoms with Crippen LogP contribution in [0.2, 0.25) is 0 Å². The Kier molecular flexibility index (Phi) is 5.04. The lowest BCUT2D eigenvalue weighted by Gasteiger charge is -2.03. The summed E-state index contributed by atoms with van der Waals surface area (Å²) in [6.07, 6.45) is 0.0357. The first-order chi connectivity index (χ1) is 8.62. The molecule has 11 heteroatoms. The number of carbonyl (C=O) groups is 1. The monoisotopic (exact) mass is 328 g/mol. The second kappa shape index (κ2) is 5.96. The lowest BCUT2D eigenvalue weighted by Crippen LogP contribution is -2.27. The molecule has 0 radical (unpaired) electrons. The molecule has 0 aliphatic carbocycles. The number of hydrogen-bond donors (Lipinski definition) is 3. The number of rotatable bonds is 7. The minimum atomic E-state index is -3.83. The Hall–Kier alpha value is -1.01. The third-order valence-electron chi connectivity index (χ3n) is 1.99. The molecule has 1 heterocycles. The predicted molar refractivity (Wildman–Crippen MR) is 69.1 cm³/mol. The molecule has 0 atom stereocenters. The summed E-state index contributed by atoms with van der Waals surface area (Å²) < 4.78 is 46.9. The van der Waals surface area contributed by atoms with E-state index < -0.39 is 26.0 Å². The highest BCUT2D eigenvalue weighted by Gasteiger charge is 2.18. The molecule has 0 aromatic carbocycles. The Labute approximate surface area is 114 Å². The molecular formula is C8H12N2O6S3. The van der Waals surface area contributed by atoms with Gasteiger partial charge in [0.15, 0.2) is 0 Å². The highest BCUT2D eigenvalue weighted by atomic mass is 32.2. The van der Waals surface area contributed by atoms with Crippen molar-refractivity contribution in [3.8, 4) is 0 Å². The summed E-state index contributed by atoms with van der Waals surface area (Å²) in [6.45, 7) is -0.100. The molecule has 0 aliphatic rings. The van der Waals surface area contributed by atoms with Gasteiger partial charge in [-0.05, 0) is 12.5 Å². The summed E-state index contributed by atoms with van der Waals surface area (Å²) in [4.78, 5) is 10.4. The Bertz CT molecular complexity index is 660. The van der Waals surface area contributed by atoms with Crippen LogP contribution in [0.5, 0.6) is 0 Å². The molecule has 1 rings (SSSR count). The average Bonchev–Trinajstić information content (AvgIpc) is 2.73. The van der Waals surface area contributed by atoms with E-state index >= 15 is 0 Å². The first kappa shape index (κ1) is 16.0. The van der Waals surface area contributed by atoms with Crippen LogP contribution in [0.4, 0.5) is 0 Å². The summed E-state index contributed by atoms with van der Waals surface area (Å²) in [5.41, 5.74) is 0. The lowest BCUT2D eigenvalue weighted by atomic mass is 10.5. The van der Waals surface area contributed by atoms with Crippen LogP contribution in [-0.4, -0.2) is 40.2 Å². The third kappa shape index (κ3) is 5.24. The number of sulfonamides is 2. The summed E-state index contributed by atoms with van der Waals surface area (Å²) in [7, 11) is -7.45. The number of hydrogen-bond acceptors (Lipinski definition) is 6. The number of nitrogens with one attached hydrogen (secondary N) is 1. The molecule has 1 aromatic rings. The second-order valence-corrected chi connectivity index (χ2v) is 7.98. The van der Waals surface area contributed by atoms with Crippen LogP contribution >= 0.6 is 11.3 Å². The van der Waals surface area contributed by atoms with Crippen molar-refractivity contribution in [2.45, 2.75) is 11.3 Å². The van der Waals surface area contributed by atoms with Crippen LogP contribution in [0.1, 0.15) is 16.1 Å². The van der Waals surface area contributed by atoms with E-state index in [2.05, 4.69) is 4.72 Å². The van der Waals surface area contributed by atoms with Crippen LogP contribution in [0.15, 0.2) is 16.3 Å². The van der Waals surface area contributed by atoms with E-state index in [1.165, 1.54) is 5.38 Å². The summed E-state index contributed by atoms with van der Waals surface area (Å²) in [5.74, 6) is -1.54. The molecule has 1 aromatic heterocycles. The highest BCUT2D eigenvalue weighted by molar-refractivity contribution is 7.89. The van der Waals surface area contributed by atoms with Crippen LogP contribution in [0.3, 0.4) is 0 Å². The smallest absolute Gasteiger partial charge is 0.345 e. The standard InChI is InChI=1S/C8H12N2O6S3/c9-18(13,14)3-1-2-10-19(15,16)6-4-7(8(11)12)17-5-6/h4-5,10H,1-3H2,(H,11,12)(H2,9,13,14). The van der Waals surface area contributed by atoms with Crippen LogP contribution in [-0.2, 0) is 20.0 Å². The summed E-state index contributed by atoms with van der Waals surface area (Å²) in [6, 6.07) is 1.04. The zero-order valence-corrected chi connectivity index (χ0v) is 12.0. The summed E-state index contributed by atoms with van der Waals surface area (Å²) >= 11 is 0.793. The van der Waals surface area contributed by atoms with E-state index in [1.54, 1.807) is 0 Å². The van der Waals surface area contributed by atoms with Gasteiger partial charge in [0, 0.05) is 11.9 Å². The van der Waals surface area contributed by atoms with Gasteiger partial charge in [-0.1, -0.05) is 0 Å². The van der Waals surface area contributed by atoms with E-state index in [4.69, 9.17) is 10.2 Å². The van der Waals surface area contributed by atoms with Crippen molar-refractivity contribution in [1.82, 2.24) is 4.72 Å². The Morgan fingerprint density at radius 2 is 2.00 bits per heavy atom. The molecule has 108 valence electrons. The number of primary sulfonamides is 1. The number of carboxylic acids is 1. The lowest BCUT2D eigenvalue weighted by molar-refractivity contribution is 0.0702. The maximum absolute atomic E-state index is 11.7. The van der Waals surface area contributed by atoms with Crippen LogP contribution in [0.25, 0.3) is 0 Å². The van der Waals surface area contributed by atoms with Crippen molar-refractivity contribution >= 4 is 37.4 Å². The normalized spacial score (nSPS) is 12.5. The fourth-order valence-corrected chi connectivity index (χ4v) is 3.87. The van der Waals surface area contributed by atoms with E-state index in [-0.39, 0.29) is 28.5 Å². The Morgan fingerprint density at radius 1 is 1.37 bits per heavy atom. The molecule has 19 heavy (non-hydrogen) atoms. The molecule has 4 N–H and O–H groups in total. The molecule has 0 aliphatic heterocycles. The SMILES string of the molecule is NS(=O)(=O)CCCNS(=O)(=O)c1csc(C(=O)O)c1. The van der Waals surface area contributed by atoms with E-state index in [0.29, 0.717) is 0 Å². The van der Waals surface area contributed by atoms with Gasteiger partial charge in [0.05, 0.1) is 10.6 Å². The number of nitrogens with two attached hydrogens (primary N) is 1. The molecule has 0 fully saturated rings. The first-order valence-corrected chi connectivity index (χ1v) is 9.01. The maximum Gasteiger partial charge on any atom is 0.345 e. The highest BCUT2D eigenvalue weighted by Crippen LogP contribution is 2.18. The fraction of sp³-hybridized carbons (Fsp3) is 0.375. The van der Waals surface area contributed by atoms with Gasteiger partial charge < -0.3 is 5.11 Å². The molecule has 0 saturated heterocycles. The van der Waals surface area contributed by atoms with Gasteiger partial charge in [0.1, 0.15) is 4.88 Å². The van der Waals surface area contributed by atoms with Crippen molar-refractivity contribution in [3.63, 3.8) is 0 Å². The van der Waals surface area contributed by atoms with Gasteiger partial charge in [0.2, 0.25) is 20.0 Å².